The molecule has 0 unspecified atom stereocenters. The van der Waals surface area contributed by atoms with Gasteiger partial charge in [-0.15, -0.1) is 0 Å². The van der Waals surface area contributed by atoms with Gasteiger partial charge in [-0.2, -0.15) is 0 Å². The number of likely N-dealkylation sites (tertiary alicyclic amines) is 2. The van der Waals surface area contributed by atoms with Crippen molar-refractivity contribution in [3.63, 3.8) is 0 Å². The number of rotatable bonds is 7. The van der Waals surface area contributed by atoms with Crippen molar-refractivity contribution < 1.29 is 4.74 Å². The molecule has 0 aliphatic carbocycles. The highest BCUT2D eigenvalue weighted by molar-refractivity contribution is 5.33. The molecule has 1 N–H and O–H groups in total. The molecule has 0 amide bonds. The molecule has 2 aliphatic rings. The van der Waals surface area contributed by atoms with Crippen molar-refractivity contribution in [2.24, 2.45) is 5.92 Å². The van der Waals surface area contributed by atoms with E-state index in [0.29, 0.717) is 5.92 Å². The molecule has 1 aromatic heterocycles. The molecule has 152 valence electrons. The summed E-state index contributed by atoms with van der Waals surface area (Å²) in [6.45, 7) is 9.82. The Labute approximate surface area is 169 Å². The van der Waals surface area contributed by atoms with Gasteiger partial charge in [0.1, 0.15) is 18.2 Å². The summed E-state index contributed by atoms with van der Waals surface area (Å²) in [5.41, 5.74) is 1.31. The quantitative estimate of drug-likeness (QED) is 0.789. The molecule has 2 saturated heterocycles. The Morgan fingerprint density at radius 3 is 2.75 bits per heavy atom. The highest BCUT2D eigenvalue weighted by Crippen LogP contribution is 2.28. The summed E-state index contributed by atoms with van der Waals surface area (Å²) in [4.78, 5) is 12.8. The third kappa shape index (κ3) is 5.15. The molecule has 2 aliphatic heterocycles. The van der Waals surface area contributed by atoms with E-state index < -0.39 is 0 Å². The van der Waals surface area contributed by atoms with Crippen molar-refractivity contribution >= 4 is 0 Å². The highest BCUT2D eigenvalue weighted by Gasteiger charge is 2.23. The zero-order valence-electron chi connectivity index (χ0n) is 17.1. The second kappa shape index (κ2) is 9.57. The Morgan fingerprint density at radius 2 is 1.96 bits per heavy atom. The number of H-pyrrole nitrogens is 1. The Bertz CT molecular complexity index is 709. The molecule has 5 heteroatoms. The van der Waals surface area contributed by atoms with Crippen LogP contribution in [0.3, 0.4) is 0 Å². The molecule has 5 nitrogen and oxygen atoms in total. The van der Waals surface area contributed by atoms with Crippen molar-refractivity contribution in [1.29, 1.82) is 0 Å². The first-order valence-corrected chi connectivity index (χ1v) is 10.9. The van der Waals surface area contributed by atoms with Crippen LogP contribution in [-0.4, -0.2) is 59.1 Å². The molecule has 0 saturated carbocycles. The Balaban J connectivity index is 1.26. The van der Waals surface area contributed by atoms with Crippen LogP contribution in [0.15, 0.2) is 36.7 Å². The van der Waals surface area contributed by atoms with Crippen molar-refractivity contribution in [2.75, 3.05) is 39.3 Å². The Morgan fingerprint density at radius 1 is 1.11 bits per heavy atom. The van der Waals surface area contributed by atoms with Gasteiger partial charge in [-0.3, -0.25) is 9.80 Å². The van der Waals surface area contributed by atoms with E-state index >= 15 is 0 Å². The first kappa shape index (κ1) is 19.5. The number of hydrogen-bond donors (Lipinski definition) is 1. The normalized spacial score (nSPS) is 22.4. The maximum absolute atomic E-state index is 6.21. The van der Waals surface area contributed by atoms with Crippen LogP contribution in [0, 0.1) is 5.92 Å². The molecule has 28 heavy (non-hydrogen) atoms. The molecular formula is C23H34N4O. The summed E-state index contributed by atoms with van der Waals surface area (Å²) in [7, 11) is 0. The van der Waals surface area contributed by atoms with Gasteiger partial charge >= 0.3 is 0 Å². The summed E-state index contributed by atoms with van der Waals surface area (Å²) < 4.78 is 6.21. The van der Waals surface area contributed by atoms with Gasteiger partial charge in [0.05, 0.1) is 0 Å². The number of imidazole rings is 1. The van der Waals surface area contributed by atoms with E-state index in [4.69, 9.17) is 4.74 Å². The summed E-state index contributed by atoms with van der Waals surface area (Å²) in [6, 6.07) is 8.57. The van der Waals surface area contributed by atoms with Gasteiger partial charge in [0.15, 0.2) is 0 Å². The monoisotopic (exact) mass is 382 g/mol. The minimum absolute atomic E-state index is 0.574. The molecule has 1 atom stereocenters. The first-order valence-electron chi connectivity index (χ1n) is 10.9. The van der Waals surface area contributed by atoms with Crippen molar-refractivity contribution in [1.82, 2.24) is 19.8 Å². The SMILES string of the molecule is C[C@@H]1CCCN(CCOc2ccccc2CN2CCC(c3ncc[nH]3)CC2)C1. The summed E-state index contributed by atoms with van der Waals surface area (Å²) >= 11 is 0. The predicted molar refractivity (Wildman–Crippen MR) is 113 cm³/mol. The molecule has 0 spiro atoms. The molecule has 2 fully saturated rings. The van der Waals surface area contributed by atoms with Crippen LogP contribution in [0.25, 0.3) is 0 Å². The van der Waals surface area contributed by atoms with Gasteiger partial charge in [-0.25, -0.2) is 4.98 Å². The fraction of sp³-hybridized carbons (Fsp3) is 0.609. The summed E-state index contributed by atoms with van der Waals surface area (Å²) in [5.74, 6) is 3.60. The summed E-state index contributed by atoms with van der Waals surface area (Å²) in [5, 5.41) is 0. The number of aromatic nitrogens is 2. The van der Waals surface area contributed by atoms with E-state index in [-0.39, 0.29) is 0 Å². The third-order valence-electron chi connectivity index (χ3n) is 6.27. The Kier molecular flexibility index (Phi) is 6.65. The van der Waals surface area contributed by atoms with Gasteiger partial charge in [0.2, 0.25) is 0 Å². The summed E-state index contributed by atoms with van der Waals surface area (Å²) in [6.07, 6.45) is 8.83. The van der Waals surface area contributed by atoms with E-state index in [9.17, 15) is 0 Å². The zero-order chi connectivity index (χ0) is 19.2. The lowest BCUT2D eigenvalue weighted by Gasteiger charge is -2.32. The predicted octanol–water partition coefficient (Wildman–Crippen LogP) is 3.90. The second-order valence-electron chi connectivity index (χ2n) is 8.53. The van der Waals surface area contributed by atoms with E-state index in [1.807, 2.05) is 12.4 Å². The van der Waals surface area contributed by atoms with Crippen molar-refractivity contribution in [2.45, 2.75) is 45.1 Å². The number of para-hydroxylation sites is 1. The minimum atomic E-state index is 0.574. The molecule has 0 radical (unpaired) electrons. The molecular weight excluding hydrogens is 348 g/mol. The van der Waals surface area contributed by atoms with Gasteiger partial charge in [-0.1, -0.05) is 25.1 Å². The largest absolute Gasteiger partial charge is 0.492 e. The van der Waals surface area contributed by atoms with Gasteiger partial charge < -0.3 is 9.72 Å². The second-order valence-corrected chi connectivity index (χ2v) is 8.53. The number of nitrogens with one attached hydrogen (secondary N) is 1. The van der Waals surface area contributed by atoms with Gasteiger partial charge in [0, 0.05) is 43.5 Å². The number of hydrogen-bond acceptors (Lipinski definition) is 4. The third-order valence-corrected chi connectivity index (χ3v) is 6.27. The van der Waals surface area contributed by atoms with Gasteiger partial charge in [0.25, 0.3) is 0 Å². The molecule has 0 bridgehead atoms. The number of benzene rings is 1. The number of nitrogens with zero attached hydrogens (tertiary/aromatic N) is 3. The highest BCUT2D eigenvalue weighted by atomic mass is 16.5. The number of aromatic amines is 1. The molecule has 4 rings (SSSR count). The molecule has 2 aromatic rings. The van der Waals surface area contributed by atoms with E-state index in [2.05, 4.69) is 51.0 Å². The maximum atomic E-state index is 6.21. The van der Waals surface area contributed by atoms with Crippen LogP contribution in [-0.2, 0) is 6.54 Å². The fourth-order valence-electron chi connectivity index (χ4n) is 4.66. The topological polar surface area (TPSA) is 44.4 Å². The standard InChI is InChI=1S/C23H34N4O/c1-19-5-4-12-26(17-19)15-16-28-22-7-3-2-6-21(22)18-27-13-8-20(9-14-27)23-24-10-11-25-23/h2-3,6-7,10-11,19-20H,4-5,8-9,12-18H2,1H3,(H,24,25)/t19-/m1/s1. The van der Waals surface area contributed by atoms with Crippen LogP contribution in [0.2, 0.25) is 0 Å². The van der Waals surface area contributed by atoms with Crippen LogP contribution >= 0.6 is 0 Å². The van der Waals surface area contributed by atoms with E-state index in [0.717, 1.165) is 50.3 Å². The fourth-order valence-corrected chi connectivity index (χ4v) is 4.66. The Hall–Kier alpha value is -1.85. The van der Waals surface area contributed by atoms with E-state index in [1.165, 1.54) is 44.3 Å². The average Bonchev–Trinajstić information content (AvgIpc) is 3.25. The molecule has 1 aromatic carbocycles. The van der Waals surface area contributed by atoms with Crippen molar-refractivity contribution in [3.05, 3.63) is 48.0 Å². The van der Waals surface area contributed by atoms with Crippen LogP contribution in [0.4, 0.5) is 0 Å². The average molecular weight is 383 g/mol. The van der Waals surface area contributed by atoms with Crippen molar-refractivity contribution in [3.8, 4) is 5.75 Å². The first-order chi connectivity index (χ1) is 13.8. The number of piperidine rings is 2. The zero-order valence-corrected chi connectivity index (χ0v) is 17.1. The van der Waals surface area contributed by atoms with Crippen LogP contribution in [0.1, 0.15) is 49.9 Å². The lowest BCUT2D eigenvalue weighted by Crippen LogP contribution is -2.37. The van der Waals surface area contributed by atoms with Crippen LogP contribution < -0.4 is 4.74 Å². The van der Waals surface area contributed by atoms with Crippen LogP contribution in [0.5, 0.6) is 5.75 Å². The van der Waals surface area contributed by atoms with Gasteiger partial charge in [-0.05, 0) is 57.3 Å². The lowest BCUT2D eigenvalue weighted by molar-refractivity contribution is 0.151. The molecule has 3 heterocycles. The number of ether oxygens (including phenoxy) is 1. The lowest BCUT2D eigenvalue weighted by atomic mass is 9.96. The van der Waals surface area contributed by atoms with E-state index in [1.54, 1.807) is 0 Å². The minimum Gasteiger partial charge on any atom is -0.492 e. The maximum Gasteiger partial charge on any atom is 0.123 e. The smallest absolute Gasteiger partial charge is 0.123 e.